The maximum Gasteiger partial charge on any atom is 0.414 e. The average Bonchev–Trinajstić information content (AvgIpc) is 2.23. The van der Waals surface area contributed by atoms with Gasteiger partial charge in [-0.15, -0.1) is 0 Å². The molecule has 0 radical (unpaired) electrons. The van der Waals surface area contributed by atoms with Gasteiger partial charge < -0.3 is 14.7 Å². The summed E-state index contributed by atoms with van der Waals surface area (Å²) < 4.78 is 5.06. The first-order chi connectivity index (χ1) is 7.77. The number of hydrogen-bond acceptors (Lipinski definition) is 3. The van der Waals surface area contributed by atoms with Crippen molar-refractivity contribution in [1.29, 1.82) is 0 Å². The molecule has 0 aromatic carbocycles. The number of nitrogens with zero attached hydrogens (tertiary/aromatic N) is 1. The average molecular weight is 239 g/mol. The van der Waals surface area contributed by atoms with Crippen LogP contribution in [-0.4, -0.2) is 36.2 Å². The Labute approximate surface area is 100 Å². The van der Waals surface area contributed by atoms with E-state index < -0.39 is 17.5 Å². The van der Waals surface area contributed by atoms with E-state index in [1.165, 1.54) is 11.0 Å². The quantitative estimate of drug-likeness (QED) is 0.798. The third-order valence-electron chi connectivity index (χ3n) is 2.99. The first kappa shape index (κ1) is 13.3. The van der Waals surface area contributed by atoms with Gasteiger partial charge in [-0.2, -0.15) is 0 Å². The second-order valence-corrected chi connectivity index (χ2v) is 4.54. The molecule has 1 rings (SSSR count). The van der Waals surface area contributed by atoms with Gasteiger partial charge in [0.1, 0.15) is 5.76 Å². The number of ether oxygens (including phenoxy) is 1. The van der Waals surface area contributed by atoms with Crippen LogP contribution in [0.25, 0.3) is 0 Å². The highest BCUT2D eigenvalue weighted by Gasteiger charge is 2.37. The number of hydrogen-bond donors (Lipinski definition) is 1. The minimum Gasteiger partial charge on any atom is -0.481 e. The van der Waals surface area contributed by atoms with Crippen molar-refractivity contribution < 1.29 is 19.4 Å². The van der Waals surface area contributed by atoms with Gasteiger partial charge in [-0.25, -0.2) is 4.79 Å². The van der Waals surface area contributed by atoms with Gasteiger partial charge >= 0.3 is 12.1 Å². The Morgan fingerprint density at radius 1 is 1.47 bits per heavy atom. The van der Waals surface area contributed by atoms with Crippen LogP contribution >= 0.6 is 0 Å². The lowest BCUT2D eigenvalue weighted by molar-refractivity contribution is -0.146. The summed E-state index contributed by atoms with van der Waals surface area (Å²) in [5, 5.41) is 9.13. The van der Waals surface area contributed by atoms with Gasteiger partial charge in [0.25, 0.3) is 0 Å². The van der Waals surface area contributed by atoms with Crippen molar-refractivity contribution in [3.63, 3.8) is 0 Å². The molecule has 0 fully saturated rings. The zero-order valence-corrected chi connectivity index (χ0v) is 10.4. The normalized spacial score (nSPS) is 27.3. The summed E-state index contributed by atoms with van der Waals surface area (Å²) in [6, 6.07) is 0. The van der Waals surface area contributed by atoms with Crippen LogP contribution in [0.2, 0.25) is 0 Å². The smallest absolute Gasteiger partial charge is 0.414 e. The molecule has 0 saturated heterocycles. The highest BCUT2D eigenvalue weighted by atomic mass is 16.6. The second kappa shape index (κ2) is 4.61. The van der Waals surface area contributed by atoms with Gasteiger partial charge in [-0.3, -0.25) is 4.79 Å². The van der Waals surface area contributed by atoms with Crippen molar-refractivity contribution in [3.05, 3.63) is 24.0 Å². The molecule has 2 unspecified atom stereocenters. The monoisotopic (exact) mass is 239 g/mol. The van der Waals surface area contributed by atoms with Gasteiger partial charge in [0.05, 0.1) is 5.41 Å². The summed E-state index contributed by atoms with van der Waals surface area (Å²) in [5.74, 6) is -0.750. The molecule has 2 atom stereocenters. The minimum atomic E-state index is -0.950. The van der Waals surface area contributed by atoms with Gasteiger partial charge in [0, 0.05) is 14.1 Å². The Morgan fingerprint density at radius 2 is 2.06 bits per heavy atom. The van der Waals surface area contributed by atoms with Crippen LogP contribution < -0.4 is 0 Å². The number of allylic oxidation sites excluding steroid dienone is 2. The molecule has 0 saturated carbocycles. The van der Waals surface area contributed by atoms with E-state index in [-0.39, 0.29) is 5.92 Å². The molecular formula is C12H17NO4. The molecule has 5 heteroatoms. The summed E-state index contributed by atoms with van der Waals surface area (Å²) in [7, 11) is 3.17. The van der Waals surface area contributed by atoms with E-state index in [9.17, 15) is 9.59 Å². The maximum absolute atomic E-state index is 11.3. The summed E-state index contributed by atoms with van der Waals surface area (Å²) in [6.07, 6.45) is 4.25. The van der Waals surface area contributed by atoms with Gasteiger partial charge in [0.15, 0.2) is 0 Å². The molecule has 17 heavy (non-hydrogen) atoms. The second-order valence-electron chi connectivity index (χ2n) is 4.54. The van der Waals surface area contributed by atoms with Crippen molar-refractivity contribution in [3.8, 4) is 0 Å². The molecule has 0 aromatic heterocycles. The highest BCUT2D eigenvalue weighted by Crippen LogP contribution is 2.35. The van der Waals surface area contributed by atoms with E-state index in [0.29, 0.717) is 5.76 Å². The lowest BCUT2D eigenvalue weighted by Gasteiger charge is -2.29. The first-order valence-corrected chi connectivity index (χ1v) is 5.31. The van der Waals surface area contributed by atoms with E-state index in [1.807, 2.05) is 0 Å². The molecule has 0 heterocycles. The Balaban J connectivity index is 2.81. The number of rotatable bonds is 2. The lowest BCUT2D eigenvalue weighted by Crippen LogP contribution is -2.33. The van der Waals surface area contributed by atoms with E-state index in [0.717, 1.165) is 0 Å². The fourth-order valence-corrected chi connectivity index (χ4v) is 1.41. The standard InChI is InChI=1S/C12H17NO4/c1-8-7-9(17-11(16)13(3)4)5-6-12(8,2)10(14)15/h5-8H,1-4H3,(H,14,15). The van der Waals surface area contributed by atoms with E-state index in [1.54, 1.807) is 40.1 Å². The molecule has 1 amide bonds. The predicted molar refractivity (Wildman–Crippen MR) is 62.3 cm³/mol. The van der Waals surface area contributed by atoms with Crippen LogP contribution in [0, 0.1) is 11.3 Å². The SMILES string of the molecule is CC1C=C(OC(=O)N(C)C)C=CC1(C)C(=O)O. The third kappa shape index (κ3) is 2.67. The molecule has 0 spiro atoms. The van der Waals surface area contributed by atoms with E-state index >= 15 is 0 Å². The van der Waals surface area contributed by atoms with Crippen molar-refractivity contribution in [2.45, 2.75) is 13.8 Å². The summed E-state index contributed by atoms with van der Waals surface area (Å²) in [5.41, 5.74) is -0.950. The van der Waals surface area contributed by atoms with Crippen LogP contribution in [0.5, 0.6) is 0 Å². The molecule has 0 aromatic rings. The Morgan fingerprint density at radius 3 is 2.47 bits per heavy atom. The van der Waals surface area contributed by atoms with Crippen LogP contribution in [0.1, 0.15) is 13.8 Å². The number of carboxylic acids is 1. The van der Waals surface area contributed by atoms with Crippen molar-refractivity contribution in [2.75, 3.05) is 14.1 Å². The summed E-state index contributed by atoms with van der Waals surface area (Å²) >= 11 is 0. The topological polar surface area (TPSA) is 66.8 Å². The van der Waals surface area contributed by atoms with Gasteiger partial charge in [-0.1, -0.05) is 13.0 Å². The van der Waals surface area contributed by atoms with E-state index in [4.69, 9.17) is 9.84 Å². The molecule has 94 valence electrons. The van der Waals surface area contributed by atoms with Gasteiger partial charge in [-0.05, 0) is 25.0 Å². The van der Waals surface area contributed by atoms with Crippen LogP contribution in [0.15, 0.2) is 24.0 Å². The molecule has 0 bridgehead atoms. The number of carbonyl (C=O) groups excluding carboxylic acids is 1. The number of aliphatic carboxylic acids is 1. The Hall–Kier alpha value is -1.78. The maximum atomic E-state index is 11.3. The molecule has 1 aliphatic rings. The van der Waals surface area contributed by atoms with Crippen molar-refractivity contribution in [2.24, 2.45) is 11.3 Å². The summed E-state index contributed by atoms with van der Waals surface area (Å²) in [6.45, 7) is 3.42. The fraction of sp³-hybridized carbons (Fsp3) is 0.500. The minimum absolute atomic E-state index is 0.241. The lowest BCUT2D eigenvalue weighted by atomic mass is 9.75. The predicted octanol–water partition coefficient (Wildman–Crippen LogP) is 1.87. The molecule has 1 aliphatic carbocycles. The van der Waals surface area contributed by atoms with Crippen LogP contribution in [0.3, 0.4) is 0 Å². The van der Waals surface area contributed by atoms with Crippen molar-refractivity contribution in [1.82, 2.24) is 4.90 Å². The first-order valence-electron chi connectivity index (χ1n) is 5.31. The highest BCUT2D eigenvalue weighted by molar-refractivity contribution is 5.78. The zero-order chi connectivity index (χ0) is 13.2. The fourth-order valence-electron chi connectivity index (χ4n) is 1.41. The van der Waals surface area contributed by atoms with E-state index in [2.05, 4.69) is 0 Å². The zero-order valence-electron chi connectivity index (χ0n) is 10.4. The summed E-state index contributed by atoms with van der Waals surface area (Å²) in [4.78, 5) is 23.8. The largest absolute Gasteiger partial charge is 0.481 e. The Bertz CT molecular complexity index is 397. The number of carboxylic acid groups (broad SMARTS) is 1. The van der Waals surface area contributed by atoms with Crippen LogP contribution in [0.4, 0.5) is 4.79 Å². The molecule has 0 aliphatic heterocycles. The molecular weight excluding hydrogens is 222 g/mol. The molecule has 1 N–H and O–H groups in total. The van der Waals surface area contributed by atoms with Crippen LogP contribution in [-0.2, 0) is 9.53 Å². The van der Waals surface area contributed by atoms with Crippen molar-refractivity contribution >= 4 is 12.1 Å². The number of carbonyl (C=O) groups is 2. The Kier molecular flexibility index (Phi) is 3.60. The molecule has 5 nitrogen and oxygen atoms in total. The van der Waals surface area contributed by atoms with Gasteiger partial charge in [0.2, 0.25) is 0 Å². The third-order valence-corrected chi connectivity index (χ3v) is 2.99. The number of amides is 1.